The van der Waals surface area contributed by atoms with Gasteiger partial charge in [0.05, 0.1) is 36.5 Å². The summed E-state index contributed by atoms with van der Waals surface area (Å²) >= 11 is 1.32. The number of carbonyl (C=O) groups is 2. The van der Waals surface area contributed by atoms with Crippen molar-refractivity contribution in [2.75, 3.05) is 6.61 Å². The maximum Gasteiger partial charge on any atom is 0.338 e. The number of nitrogens with zero attached hydrogens (tertiary/aromatic N) is 2. The van der Waals surface area contributed by atoms with Crippen LogP contribution in [0.5, 0.6) is 0 Å². The van der Waals surface area contributed by atoms with E-state index < -0.39 is 17.8 Å². The van der Waals surface area contributed by atoms with E-state index in [0.29, 0.717) is 27.9 Å². The summed E-state index contributed by atoms with van der Waals surface area (Å²) in [4.78, 5) is 31.9. The number of carbonyl (C=O) groups excluding carboxylic acids is 2. The van der Waals surface area contributed by atoms with Gasteiger partial charge in [0.25, 0.3) is 0 Å². The number of thioether (sulfide) groups is 1. The molecule has 4 rings (SSSR count). The molecule has 7 nitrogen and oxygen atoms in total. The van der Waals surface area contributed by atoms with Gasteiger partial charge in [0.1, 0.15) is 18.2 Å². The van der Waals surface area contributed by atoms with Crippen molar-refractivity contribution >= 4 is 28.8 Å². The molecule has 2 aromatic rings. The summed E-state index contributed by atoms with van der Waals surface area (Å²) in [6, 6.07) is 8.93. The smallest absolute Gasteiger partial charge is 0.338 e. The SMILES string of the molecule is C=CCOC(=O)C1=C(C)N=C2SC=C(CC(=O)NCc3ccco3)N2C1c1ccccc1F. The first-order valence-electron chi connectivity index (χ1n) is 10.3. The van der Waals surface area contributed by atoms with E-state index in [2.05, 4.69) is 16.9 Å². The first-order chi connectivity index (χ1) is 16.0. The minimum absolute atomic E-state index is 0.0167. The average molecular weight is 468 g/mol. The second-order valence-corrected chi connectivity index (χ2v) is 8.17. The van der Waals surface area contributed by atoms with Gasteiger partial charge in [-0.3, -0.25) is 4.79 Å². The van der Waals surface area contributed by atoms with E-state index in [-0.39, 0.29) is 31.1 Å². The first-order valence-corrected chi connectivity index (χ1v) is 11.1. The van der Waals surface area contributed by atoms with Crippen LogP contribution in [0.4, 0.5) is 4.39 Å². The van der Waals surface area contributed by atoms with Crippen LogP contribution in [-0.2, 0) is 20.9 Å². The number of fused-ring (bicyclic) bond motifs is 1. The molecule has 0 aliphatic carbocycles. The molecule has 1 unspecified atom stereocenters. The average Bonchev–Trinajstić information content (AvgIpc) is 3.46. The van der Waals surface area contributed by atoms with Crippen LogP contribution in [0, 0.1) is 5.82 Å². The number of benzene rings is 1. The van der Waals surface area contributed by atoms with Crippen molar-refractivity contribution in [3.05, 3.63) is 94.8 Å². The largest absolute Gasteiger partial charge is 0.467 e. The minimum atomic E-state index is -0.824. The lowest BCUT2D eigenvalue weighted by Crippen LogP contribution is -2.38. The number of furan rings is 1. The topological polar surface area (TPSA) is 84.1 Å². The van der Waals surface area contributed by atoms with Crippen LogP contribution in [0.2, 0.25) is 0 Å². The fourth-order valence-corrected chi connectivity index (χ4v) is 4.62. The Kier molecular flexibility index (Phi) is 6.79. The molecule has 1 atom stereocenters. The molecule has 2 aliphatic heterocycles. The van der Waals surface area contributed by atoms with Crippen LogP contribution in [0.15, 0.2) is 87.1 Å². The lowest BCUT2D eigenvalue weighted by atomic mass is 9.93. The van der Waals surface area contributed by atoms with Gasteiger partial charge in [0.15, 0.2) is 5.17 Å². The molecule has 0 fully saturated rings. The summed E-state index contributed by atoms with van der Waals surface area (Å²) in [6.07, 6.45) is 3.02. The van der Waals surface area contributed by atoms with Crippen molar-refractivity contribution in [3.63, 3.8) is 0 Å². The molecule has 0 saturated heterocycles. The van der Waals surface area contributed by atoms with E-state index in [0.717, 1.165) is 0 Å². The Morgan fingerprint density at radius 1 is 1.33 bits per heavy atom. The minimum Gasteiger partial charge on any atom is -0.467 e. The van der Waals surface area contributed by atoms with Gasteiger partial charge in [0, 0.05) is 11.3 Å². The van der Waals surface area contributed by atoms with Gasteiger partial charge in [-0.25, -0.2) is 14.2 Å². The second kappa shape index (κ2) is 9.91. The number of amidine groups is 1. The highest BCUT2D eigenvalue weighted by Crippen LogP contribution is 2.45. The third-order valence-electron chi connectivity index (χ3n) is 5.13. The van der Waals surface area contributed by atoms with Crippen molar-refractivity contribution in [1.29, 1.82) is 0 Å². The molecule has 0 saturated carbocycles. The number of hydrogen-bond donors (Lipinski definition) is 1. The number of ether oxygens (including phenoxy) is 1. The molecule has 1 amide bonds. The highest BCUT2D eigenvalue weighted by molar-refractivity contribution is 8.16. The molecule has 170 valence electrons. The molecule has 3 heterocycles. The van der Waals surface area contributed by atoms with Crippen LogP contribution in [-0.4, -0.2) is 28.6 Å². The number of halogens is 1. The summed E-state index contributed by atoms with van der Waals surface area (Å²) < 4.78 is 25.5. The Hall–Kier alpha value is -3.59. The number of aliphatic imine (C=N–C) groups is 1. The standard InChI is InChI=1S/C24H22FN3O4S/c1-3-10-32-23(30)21-15(2)27-24-28(22(21)18-8-4-5-9-19(18)25)16(14-33-24)12-20(29)26-13-17-7-6-11-31-17/h3-9,11,14,22H,1,10,12-13H2,2H3,(H,26,29). The first kappa shape index (κ1) is 22.6. The molecule has 1 N–H and O–H groups in total. The van der Waals surface area contributed by atoms with Crippen molar-refractivity contribution in [2.45, 2.75) is 25.9 Å². The number of rotatable bonds is 8. The van der Waals surface area contributed by atoms with Gasteiger partial charge < -0.3 is 19.4 Å². The number of esters is 1. The third-order valence-corrected chi connectivity index (χ3v) is 6.02. The van der Waals surface area contributed by atoms with Gasteiger partial charge in [-0.05, 0) is 30.5 Å². The summed E-state index contributed by atoms with van der Waals surface area (Å²) in [5.41, 5.74) is 1.55. The van der Waals surface area contributed by atoms with Crippen molar-refractivity contribution < 1.29 is 23.1 Å². The molecule has 0 bridgehead atoms. The second-order valence-electron chi connectivity index (χ2n) is 7.33. The molecule has 1 aromatic heterocycles. The highest BCUT2D eigenvalue weighted by atomic mass is 32.2. The Morgan fingerprint density at radius 2 is 2.15 bits per heavy atom. The molecular weight excluding hydrogens is 445 g/mol. The predicted molar refractivity (Wildman–Crippen MR) is 123 cm³/mol. The van der Waals surface area contributed by atoms with E-state index in [9.17, 15) is 14.0 Å². The van der Waals surface area contributed by atoms with Crippen molar-refractivity contribution in [3.8, 4) is 0 Å². The summed E-state index contributed by atoms with van der Waals surface area (Å²) in [5.74, 6) is -0.687. The molecule has 0 radical (unpaired) electrons. The fraction of sp³-hybridized carbons (Fsp3) is 0.208. The van der Waals surface area contributed by atoms with E-state index in [1.165, 1.54) is 30.2 Å². The lowest BCUT2D eigenvalue weighted by Gasteiger charge is -2.36. The van der Waals surface area contributed by atoms with E-state index in [4.69, 9.17) is 9.15 Å². The maximum absolute atomic E-state index is 14.9. The van der Waals surface area contributed by atoms with Gasteiger partial charge in [-0.1, -0.05) is 42.6 Å². The van der Waals surface area contributed by atoms with Crippen LogP contribution in [0.3, 0.4) is 0 Å². The van der Waals surface area contributed by atoms with Crippen LogP contribution >= 0.6 is 11.8 Å². The van der Waals surface area contributed by atoms with Crippen LogP contribution in [0.1, 0.15) is 30.7 Å². The van der Waals surface area contributed by atoms with Gasteiger partial charge >= 0.3 is 5.97 Å². The van der Waals surface area contributed by atoms with Gasteiger partial charge in [-0.15, -0.1) is 0 Å². The molecule has 0 spiro atoms. The predicted octanol–water partition coefficient (Wildman–Crippen LogP) is 4.43. The molecule has 1 aromatic carbocycles. The highest BCUT2D eigenvalue weighted by Gasteiger charge is 2.42. The van der Waals surface area contributed by atoms with Gasteiger partial charge in [-0.2, -0.15) is 0 Å². The fourth-order valence-electron chi connectivity index (χ4n) is 3.66. The maximum atomic E-state index is 14.9. The van der Waals surface area contributed by atoms with E-state index in [1.807, 2.05) is 0 Å². The van der Waals surface area contributed by atoms with Crippen LogP contribution < -0.4 is 5.32 Å². The number of allylic oxidation sites excluding steroid dienone is 1. The quantitative estimate of drug-likeness (QED) is 0.457. The summed E-state index contributed by atoms with van der Waals surface area (Å²) in [6.45, 7) is 5.53. The summed E-state index contributed by atoms with van der Waals surface area (Å²) in [5, 5.41) is 5.17. The van der Waals surface area contributed by atoms with Crippen molar-refractivity contribution in [1.82, 2.24) is 10.2 Å². The molecular formula is C24H22FN3O4S. The Morgan fingerprint density at radius 3 is 2.88 bits per heavy atom. The Bertz CT molecular complexity index is 1170. The normalized spacial score (nSPS) is 17.3. The number of hydrogen-bond acceptors (Lipinski definition) is 7. The number of nitrogens with one attached hydrogen (secondary N) is 1. The monoisotopic (exact) mass is 467 g/mol. The van der Waals surface area contributed by atoms with E-state index in [1.54, 1.807) is 47.6 Å². The third kappa shape index (κ3) is 4.78. The van der Waals surface area contributed by atoms with Gasteiger partial charge in [0.2, 0.25) is 5.91 Å². The summed E-state index contributed by atoms with van der Waals surface area (Å²) in [7, 11) is 0. The zero-order valence-corrected chi connectivity index (χ0v) is 18.7. The van der Waals surface area contributed by atoms with E-state index >= 15 is 0 Å². The Balaban J connectivity index is 1.64. The van der Waals surface area contributed by atoms with Crippen molar-refractivity contribution in [2.24, 2.45) is 4.99 Å². The molecule has 2 aliphatic rings. The molecule has 9 heteroatoms. The Labute approximate surface area is 194 Å². The lowest BCUT2D eigenvalue weighted by molar-refractivity contribution is -0.138. The number of amides is 1. The van der Waals surface area contributed by atoms with Crippen LogP contribution in [0.25, 0.3) is 0 Å². The zero-order chi connectivity index (χ0) is 23.4. The molecule has 33 heavy (non-hydrogen) atoms. The zero-order valence-electron chi connectivity index (χ0n) is 17.9.